The lowest BCUT2D eigenvalue weighted by atomic mass is 9.77. The Balaban J connectivity index is 1.43. The number of hydrogen-bond acceptors (Lipinski definition) is 6. The van der Waals surface area contributed by atoms with Gasteiger partial charge in [-0.15, -0.1) is 0 Å². The van der Waals surface area contributed by atoms with E-state index in [4.69, 9.17) is 0 Å². The van der Waals surface area contributed by atoms with Gasteiger partial charge < -0.3 is 5.32 Å². The van der Waals surface area contributed by atoms with E-state index in [1.165, 1.54) is 4.57 Å². The van der Waals surface area contributed by atoms with Crippen LogP contribution in [-0.4, -0.2) is 43.7 Å². The first kappa shape index (κ1) is 20.4. The maximum Gasteiger partial charge on any atom is 0.344 e. The highest BCUT2D eigenvalue weighted by molar-refractivity contribution is 7.99. The third-order valence-electron chi connectivity index (χ3n) is 5.80. The fourth-order valence-corrected chi connectivity index (χ4v) is 4.69. The molecule has 1 spiro atoms. The number of para-hydroxylation sites is 1. The molecule has 4 rings (SSSR count). The molecule has 9 nitrogen and oxygen atoms in total. The second-order valence-electron chi connectivity index (χ2n) is 7.93. The molecule has 30 heavy (non-hydrogen) atoms. The summed E-state index contributed by atoms with van der Waals surface area (Å²) in [7, 11) is 1.59. The van der Waals surface area contributed by atoms with E-state index in [2.05, 4.69) is 22.7 Å². The summed E-state index contributed by atoms with van der Waals surface area (Å²) in [5.41, 5.74) is 1.84. The van der Waals surface area contributed by atoms with Crippen LogP contribution in [0.4, 0.5) is 4.79 Å². The molecule has 158 valence electrons. The summed E-state index contributed by atoms with van der Waals surface area (Å²) in [6, 6.07) is 6.38. The number of carbonyl (C=O) groups excluding carboxylic acids is 3. The molecule has 0 radical (unpaired) electrons. The number of benzene rings is 1. The standard InChI is InChI=1S/C20H23N5O4S/c1-12-7-9-20(10-8-12)17(28)25(18(29)22-20)23-15(26)11-30-19-21-14-6-4-3-5-13(14)16(27)24(19)2/h3-6,12H,7-11H2,1-2H3,(H,22,29)(H,23,26). The van der Waals surface area contributed by atoms with E-state index in [1.807, 2.05) is 0 Å². The minimum Gasteiger partial charge on any atom is -0.322 e. The third-order valence-corrected chi connectivity index (χ3v) is 6.83. The molecule has 1 aromatic carbocycles. The number of hydrogen-bond donors (Lipinski definition) is 2. The van der Waals surface area contributed by atoms with Crippen molar-refractivity contribution < 1.29 is 14.4 Å². The molecule has 1 aliphatic heterocycles. The van der Waals surface area contributed by atoms with Crippen LogP contribution in [-0.2, 0) is 16.6 Å². The molecule has 4 amide bonds. The van der Waals surface area contributed by atoms with Gasteiger partial charge in [-0.05, 0) is 43.7 Å². The van der Waals surface area contributed by atoms with E-state index in [0.29, 0.717) is 34.8 Å². The average Bonchev–Trinajstić information content (AvgIpc) is 2.96. The quantitative estimate of drug-likeness (QED) is 0.433. The molecule has 10 heteroatoms. The number of rotatable bonds is 4. The average molecular weight is 430 g/mol. The van der Waals surface area contributed by atoms with E-state index in [9.17, 15) is 19.2 Å². The molecule has 0 bridgehead atoms. The van der Waals surface area contributed by atoms with Gasteiger partial charge in [0.05, 0.1) is 16.7 Å². The third kappa shape index (κ3) is 3.55. The van der Waals surface area contributed by atoms with Gasteiger partial charge in [-0.2, -0.15) is 5.01 Å². The molecular weight excluding hydrogens is 406 g/mol. The molecule has 1 aromatic heterocycles. The van der Waals surface area contributed by atoms with Crippen molar-refractivity contribution in [3.05, 3.63) is 34.6 Å². The fourth-order valence-electron chi connectivity index (χ4n) is 3.93. The number of imide groups is 1. The number of aromatic nitrogens is 2. The van der Waals surface area contributed by atoms with E-state index in [0.717, 1.165) is 29.6 Å². The molecule has 2 fully saturated rings. The maximum atomic E-state index is 12.8. The number of carbonyl (C=O) groups is 3. The fraction of sp³-hybridized carbons (Fsp3) is 0.450. The minimum absolute atomic E-state index is 0.0975. The van der Waals surface area contributed by atoms with Crippen molar-refractivity contribution in [1.82, 2.24) is 25.3 Å². The molecule has 2 heterocycles. The zero-order chi connectivity index (χ0) is 21.5. The van der Waals surface area contributed by atoms with E-state index in [-0.39, 0.29) is 11.3 Å². The number of amides is 4. The lowest BCUT2D eigenvalue weighted by Crippen LogP contribution is -2.51. The monoisotopic (exact) mass is 429 g/mol. The van der Waals surface area contributed by atoms with E-state index < -0.39 is 23.4 Å². The number of fused-ring (bicyclic) bond motifs is 1. The van der Waals surface area contributed by atoms with Gasteiger partial charge in [0, 0.05) is 7.05 Å². The maximum absolute atomic E-state index is 12.8. The summed E-state index contributed by atoms with van der Waals surface area (Å²) < 4.78 is 1.38. The Labute approximate surface area is 177 Å². The zero-order valence-corrected chi connectivity index (χ0v) is 17.6. The Morgan fingerprint density at radius 2 is 1.97 bits per heavy atom. The van der Waals surface area contributed by atoms with Crippen LogP contribution in [0.2, 0.25) is 0 Å². The highest BCUT2D eigenvalue weighted by Gasteiger charge is 2.52. The van der Waals surface area contributed by atoms with Crippen LogP contribution in [0, 0.1) is 5.92 Å². The number of nitrogens with one attached hydrogen (secondary N) is 2. The van der Waals surface area contributed by atoms with Gasteiger partial charge in [-0.1, -0.05) is 30.8 Å². The van der Waals surface area contributed by atoms with Gasteiger partial charge in [0.25, 0.3) is 11.5 Å². The van der Waals surface area contributed by atoms with Gasteiger partial charge in [0.1, 0.15) is 5.54 Å². The molecular formula is C20H23N5O4S. The summed E-state index contributed by atoms with van der Waals surface area (Å²) in [5.74, 6) is -0.512. The van der Waals surface area contributed by atoms with Gasteiger partial charge >= 0.3 is 6.03 Å². The first-order valence-electron chi connectivity index (χ1n) is 9.85. The molecule has 2 aromatic rings. The van der Waals surface area contributed by atoms with Gasteiger partial charge in [0.2, 0.25) is 5.91 Å². The number of nitrogens with zero attached hydrogens (tertiary/aromatic N) is 3. The highest BCUT2D eigenvalue weighted by Crippen LogP contribution is 2.35. The molecule has 1 aliphatic carbocycles. The Morgan fingerprint density at radius 1 is 1.27 bits per heavy atom. The van der Waals surface area contributed by atoms with Crippen molar-refractivity contribution in [2.45, 2.75) is 43.3 Å². The lowest BCUT2D eigenvalue weighted by Gasteiger charge is -2.33. The largest absolute Gasteiger partial charge is 0.344 e. The predicted molar refractivity (Wildman–Crippen MR) is 112 cm³/mol. The topological polar surface area (TPSA) is 113 Å². The second-order valence-corrected chi connectivity index (χ2v) is 8.88. The van der Waals surface area contributed by atoms with Gasteiger partial charge in [-0.25, -0.2) is 9.78 Å². The van der Waals surface area contributed by atoms with E-state index in [1.54, 1.807) is 31.3 Å². The van der Waals surface area contributed by atoms with Crippen LogP contribution < -0.4 is 16.3 Å². The second kappa shape index (κ2) is 7.75. The van der Waals surface area contributed by atoms with Crippen molar-refractivity contribution in [3.63, 3.8) is 0 Å². The molecule has 2 aliphatic rings. The molecule has 1 saturated heterocycles. The van der Waals surface area contributed by atoms with Crippen LogP contribution in [0.1, 0.15) is 32.6 Å². The van der Waals surface area contributed by atoms with Crippen molar-refractivity contribution in [2.24, 2.45) is 13.0 Å². The SMILES string of the molecule is CC1CCC2(CC1)NC(=O)N(NC(=O)CSc1nc3ccccc3c(=O)n1C)C2=O. The molecule has 2 N–H and O–H groups in total. The summed E-state index contributed by atoms with van der Waals surface area (Å²) >= 11 is 1.07. The van der Waals surface area contributed by atoms with Crippen LogP contribution in [0.3, 0.4) is 0 Å². The summed E-state index contributed by atoms with van der Waals surface area (Å²) in [6.07, 6.45) is 2.85. The number of urea groups is 1. The van der Waals surface area contributed by atoms with Crippen LogP contribution in [0.5, 0.6) is 0 Å². The zero-order valence-electron chi connectivity index (χ0n) is 16.8. The van der Waals surface area contributed by atoms with Gasteiger partial charge in [-0.3, -0.25) is 24.4 Å². The van der Waals surface area contributed by atoms with Crippen molar-refractivity contribution in [1.29, 1.82) is 0 Å². The smallest absolute Gasteiger partial charge is 0.322 e. The minimum atomic E-state index is -0.909. The molecule has 0 unspecified atom stereocenters. The first-order valence-corrected chi connectivity index (χ1v) is 10.8. The number of hydrazine groups is 1. The lowest BCUT2D eigenvalue weighted by molar-refractivity contribution is -0.139. The van der Waals surface area contributed by atoms with Crippen molar-refractivity contribution in [3.8, 4) is 0 Å². The Hall–Kier alpha value is -2.88. The molecule has 0 atom stereocenters. The normalized spacial score (nSPS) is 23.8. The first-order chi connectivity index (χ1) is 14.3. The van der Waals surface area contributed by atoms with Crippen molar-refractivity contribution >= 4 is 40.5 Å². The van der Waals surface area contributed by atoms with Crippen molar-refractivity contribution in [2.75, 3.05) is 5.75 Å². The highest BCUT2D eigenvalue weighted by atomic mass is 32.2. The predicted octanol–water partition coefficient (Wildman–Crippen LogP) is 1.56. The van der Waals surface area contributed by atoms with Gasteiger partial charge in [0.15, 0.2) is 5.16 Å². The van der Waals surface area contributed by atoms with Crippen LogP contribution >= 0.6 is 11.8 Å². The summed E-state index contributed by atoms with van der Waals surface area (Å²) in [5, 5.41) is 4.43. The summed E-state index contributed by atoms with van der Waals surface area (Å²) in [6.45, 7) is 2.12. The Bertz CT molecular complexity index is 1090. The van der Waals surface area contributed by atoms with Crippen LogP contribution in [0.15, 0.2) is 34.2 Å². The Kier molecular flexibility index (Phi) is 5.27. The summed E-state index contributed by atoms with van der Waals surface area (Å²) in [4.78, 5) is 54.4. The van der Waals surface area contributed by atoms with Crippen LogP contribution in [0.25, 0.3) is 10.9 Å². The van der Waals surface area contributed by atoms with E-state index >= 15 is 0 Å². The molecule has 1 saturated carbocycles. The number of thioether (sulfide) groups is 1. The Morgan fingerprint density at radius 3 is 2.70 bits per heavy atom.